The van der Waals surface area contributed by atoms with Crippen molar-refractivity contribution in [1.82, 2.24) is 0 Å². The summed E-state index contributed by atoms with van der Waals surface area (Å²) in [5.41, 5.74) is -2.21. The van der Waals surface area contributed by atoms with E-state index in [9.17, 15) is 15.3 Å². The first-order valence-corrected chi connectivity index (χ1v) is 5.03. The van der Waals surface area contributed by atoms with Crippen LogP contribution in [-0.2, 0) is 0 Å². The molecule has 0 aromatic rings. The second-order valence-corrected chi connectivity index (χ2v) is 4.86. The van der Waals surface area contributed by atoms with Crippen molar-refractivity contribution in [1.29, 1.82) is 0 Å². The highest BCUT2D eigenvalue weighted by Gasteiger charge is 2.43. The average molecular weight is 204 g/mol. The van der Waals surface area contributed by atoms with Gasteiger partial charge < -0.3 is 20.4 Å². The molecule has 14 heavy (non-hydrogen) atoms. The molecule has 0 unspecified atom stereocenters. The van der Waals surface area contributed by atoms with Crippen molar-refractivity contribution in [2.45, 2.75) is 50.4 Å². The minimum absolute atomic E-state index is 0.150. The van der Waals surface area contributed by atoms with Crippen molar-refractivity contribution >= 4 is 0 Å². The lowest BCUT2D eigenvalue weighted by Gasteiger charge is -2.42. The SMILES string of the molecule is C[C@](O)(CO)[C@H]1CC[C@](C)(O)[C@@H](O)C1. The van der Waals surface area contributed by atoms with E-state index in [1.807, 2.05) is 0 Å². The second kappa shape index (κ2) is 3.77. The summed E-state index contributed by atoms with van der Waals surface area (Å²) < 4.78 is 0. The minimum atomic E-state index is -1.16. The summed E-state index contributed by atoms with van der Waals surface area (Å²) in [5.74, 6) is -0.150. The van der Waals surface area contributed by atoms with Crippen LogP contribution in [0.3, 0.4) is 0 Å². The summed E-state index contributed by atoms with van der Waals surface area (Å²) in [6.07, 6.45) is 0.590. The molecule has 1 aliphatic rings. The van der Waals surface area contributed by atoms with Gasteiger partial charge in [0, 0.05) is 0 Å². The highest BCUT2D eigenvalue weighted by Crippen LogP contribution is 2.37. The zero-order valence-electron chi connectivity index (χ0n) is 8.77. The van der Waals surface area contributed by atoms with Gasteiger partial charge in [-0.05, 0) is 39.0 Å². The van der Waals surface area contributed by atoms with Crippen molar-refractivity contribution in [2.24, 2.45) is 5.92 Å². The Hall–Kier alpha value is -0.160. The molecule has 1 rings (SSSR count). The first kappa shape index (κ1) is 11.9. The maximum absolute atomic E-state index is 9.79. The fourth-order valence-corrected chi connectivity index (χ4v) is 1.97. The average Bonchev–Trinajstić information content (AvgIpc) is 2.09. The van der Waals surface area contributed by atoms with E-state index in [-0.39, 0.29) is 12.5 Å². The van der Waals surface area contributed by atoms with E-state index in [4.69, 9.17) is 5.11 Å². The predicted octanol–water partition coefficient (Wildman–Crippen LogP) is -0.358. The third kappa shape index (κ3) is 2.25. The minimum Gasteiger partial charge on any atom is -0.393 e. The summed E-state index contributed by atoms with van der Waals surface area (Å²) in [5, 5.41) is 38.1. The Morgan fingerprint density at radius 1 is 1.50 bits per heavy atom. The number of hydrogen-bond donors (Lipinski definition) is 4. The number of aliphatic hydroxyl groups excluding tert-OH is 2. The molecule has 0 aromatic heterocycles. The molecule has 4 atom stereocenters. The number of rotatable bonds is 2. The first-order valence-electron chi connectivity index (χ1n) is 5.03. The zero-order chi connectivity index (χ0) is 11.0. The summed E-state index contributed by atoms with van der Waals surface area (Å²) >= 11 is 0. The van der Waals surface area contributed by atoms with Gasteiger partial charge in [-0.2, -0.15) is 0 Å². The maximum atomic E-state index is 9.79. The quantitative estimate of drug-likeness (QED) is 0.495. The van der Waals surface area contributed by atoms with Gasteiger partial charge >= 0.3 is 0 Å². The molecule has 4 nitrogen and oxygen atoms in total. The molecular formula is C10H20O4. The van der Waals surface area contributed by atoms with E-state index in [2.05, 4.69) is 0 Å². The smallest absolute Gasteiger partial charge is 0.0878 e. The van der Waals surface area contributed by atoms with Crippen molar-refractivity contribution < 1.29 is 20.4 Å². The molecule has 0 heterocycles. The van der Waals surface area contributed by atoms with Gasteiger partial charge in [-0.15, -0.1) is 0 Å². The molecular weight excluding hydrogens is 184 g/mol. The molecule has 0 saturated heterocycles. The number of aliphatic hydroxyl groups is 4. The lowest BCUT2D eigenvalue weighted by molar-refractivity contribution is -0.139. The van der Waals surface area contributed by atoms with Crippen LogP contribution in [0.2, 0.25) is 0 Å². The lowest BCUT2D eigenvalue weighted by atomic mass is 9.71. The Kier molecular flexibility index (Phi) is 3.21. The van der Waals surface area contributed by atoms with Crippen LogP contribution >= 0.6 is 0 Å². The summed E-state index contributed by atoms with van der Waals surface area (Å²) in [7, 11) is 0. The predicted molar refractivity (Wildman–Crippen MR) is 51.7 cm³/mol. The standard InChI is InChI=1S/C10H20O4/c1-9(13)4-3-7(5-8(9)12)10(2,14)6-11/h7-8,11-14H,3-6H2,1-2H3/t7-,8-,9-,10-/m0/s1. The Balaban J connectivity index is 2.63. The van der Waals surface area contributed by atoms with E-state index in [1.165, 1.54) is 0 Å². The van der Waals surface area contributed by atoms with Gasteiger partial charge in [0.1, 0.15) is 0 Å². The topological polar surface area (TPSA) is 80.9 Å². The third-order valence-corrected chi connectivity index (χ3v) is 3.42. The first-order chi connectivity index (χ1) is 6.29. The molecule has 0 aromatic carbocycles. The van der Waals surface area contributed by atoms with Crippen LogP contribution in [0, 0.1) is 5.92 Å². The molecule has 4 heteroatoms. The summed E-state index contributed by atoms with van der Waals surface area (Å²) in [6.45, 7) is 2.85. The van der Waals surface area contributed by atoms with E-state index in [0.717, 1.165) is 0 Å². The molecule has 0 spiro atoms. The lowest BCUT2D eigenvalue weighted by Crippen LogP contribution is -2.50. The third-order valence-electron chi connectivity index (χ3n) is 3.42. The monoisotopic (exact) mass is 204 g/mol. The zero-order valence-corrected chi connectivity index (χ0v) is 8.77. The molecule has 4 N–H and O–H groups in total. The van der Waals surface area contributed by atoms with Crippen LogP contribution in [-0.4, -0.2) is 44.3 Å². The van der Waals surface area contributed by atoms with E-state index in [0.29, 0.717) is 19.3 Å². The normalized spacial score (nSPS) is 43.3. The second-order valence-electron chi connectivity index (χ2n) is 4.86. The molecule has 0 aliphatic heterocycles. The van der Waals surface area contributed by atoms with Crippen LogP contribution in [0.15, 0.2) is 0 Å². The van der Waals surface area contributed by atoms with Gasteiger partial charge in [-0.1, -0.05) is 0 Å². The molecule has 1 aliphatic carbocycles. The number of hydrogen-bond acceptors (Lipinski definition) is 4. The van der Waals surface area contributed by atoms with Gasteiger partial charge in [0.25, 0.3) is 0 Å². The molecule has 1 saturated carbocycles. The van der Waals surface area contributed by atoms with Crippen molar-refractivity contribution in [2.75, 3.05) is 6.61 Å². The van der Waals surface area contributed by atoms with Gasteiger partial charge in [0.05, 0.1) is 23.9 Å². The Labute approximate surface area is 84.2 Å². The van der Waals surface area contributed by atoms with Crippen LogP contribution in [0.25, 0.3) is 0 Å². The fourth-order valence-electron chi connectivity index (χ4n) is 1.97. The molecule has 0 amide bonds. The Bertz CT molecular complexity index is 200. The van der Waals surface area contributed by atoms with Gasteiger partial charge in [-0.3, -0.25) is 0 Å². The highest BCUT2D eigenvalue weighted by atomic mass is 16.3. The molecule has 0 radical (unpaired) electrons. The van der Waals surface area contributed by atoms with Crippen LogP contribution in [0.5, 0.6) is 0 Å². The van der Waals surface area contributed by atoms with E-state index in [1.54, 1.807) is 13.8 Å². The van der Waals surface area contributed by atoms with Crippen LogP contribution < -0.4 is 0 Å². The molecule has 0 bridgehead atoms. The Morgan fingerprint density at radius 3 is 2.50 bits per heavy atom. The van der Waals surface area contributed by atoms with Crippen molar-refractivity contribution in [3.63, 3.8) is 0 Å². The van der Waals surface area contributed by atoms with Gasteiger partial charge in [0.15, 0.2) is 0 Å². The largest absolute Gasteiger partial charge is 0.393 e. The molecule has 1 fully saturated rings. The Morgan fingerprint density at radius 2 is 2.07 bits per heavy atom. The van der Waals surface area contributed by atoms with E-state index < -0.39 is 17.3 Å². The fraction of sp³-hybridized carbons (Fsp3) is 1.00. The highest BCUT2D eigenvalue weighted by molar-refractivity contribution is 4.95. The van der Waals surface area contributed by atoms with Crippen LogP contribution in [0.1, 0.15) is 33.1 Å². The van der Waals surface area contributed by atoms with Gasteiger partial charge in [-0.25, -0.2) is 0 Å². The van der Waals surface area contributed by atoms with E-state index >= 15 is 0 Å². The van der Waals surface area contributed by atoms with Gasteiger partial charge in [0.2, 0.25) is 0 Å². The van der Waals surface area contributed by atoms with Crippen LogP contribution in [0.4, 0.5) is 0 Å². The maximum Gasteiger partial charge on any atom is 0.0878 e. The van der Waals surface area contributed by atoms with Crippen molar-refractivity contribution in [3.05, 3.63) is 0 Å². The van der Waals surface area contributed by atoms with Crippen molar-refractivity contribution in [3.8, 4) is 0 Å². The summed E-state index contributed by atoms with van der Waals surface area (Å²) in [4.78, 5) is 0. The summed E-state index contributed by atoms with van der Waals surface area (Å²) in [6, 6.07) is 0. The molecule has 84 valence electrons.